The average molecular weight is 404 g/mol. The van der Waals surface area contributed by atoms with Crippen LogP contribution in [-0.4, -0.2) is 35.6 Å². The lowest BCUT2D eigenvalue weighted by Gasteiger charge is -2.42. The Morgan fingerprint density at radius 2 is 2.11 bits per heavy atom. The number of aliphatic hydroxyl groups excluding tert-OH is 1. The molecule has 1 aromatic heterocycles. The van der Waals surface area contributed by atoms with Crippen LogP contribution in [0.4, 0.5) is 0 Å². The molecule has 4 rings (SSSR count). The van der Waals surface area contributed by atoms with E-state index >= 15 is 0 Å². The highest BCUT2D eigenvalue weighted by Crippen LogP contribution is 2.36. The number of thiophene rings is 1. The molecule has 1 fully saturated rings. The highest BCUT2D eigenvalue weighted by atomic mass is 35.5. The standard InChI is InChI=1S/C22H26ClNO2S/c23-18-7-3-5-16(11-18)12-22(15-25)9-4-10-24(14-22)21(26)20-19-8-2-1-6-17(19)13-27-20/h3,5,7,11,13,25H,1-2,4,6,8-10,12,14-15H2/t22-/m1/s1. The summed E-state index contributed by atoms with van der Waals surface area (Å²) < 4.78 is 0. The maximum Gasteiger partial charge on any atom is 0.264 e. The average Bonchev–Trinajstić information content (AvgIpc) is 3.12. The molecule has 2 heterocycles. The lowest BCUT2D eigenvalue weighted by Crippen LogP contribution is -2.49. The number of rotatable bonds is 4. The first kappa shape index (κ1) is 19.0. The Kier molecular flexibility index (Phi) is 5.58. The van der Waals surface area contributed by atoms with Crippen LogP contribution >= 0.6 is 22.9 Å². The van der Waals surface area contributed by atoms with Crippen LogP contribution in [0.5, 0.6) is 0 Å². The quantitative estimate of drug-likeness (QED) is 0.801. The Bertz CT molecular complexity index is 833. The summed E-state index contributed by atoms with van der Waals surface area (Å²) in [6, 6.07) is 7.84. The smallest absolute Gasteiger partial charge is 0.264 e. The highest BCUT2D eigenvalue weighted by molar-refractivity contribution is 7.12. The van der Waals surface area contributed by atoms with Gasteiger partial charge in [0.15, 0.2) is 0 Å². The number of amides is 1. The predicted molar refractivity (Wildman–Crippen MR) is 111 cm³/mol. The molecule has 3 nitrogen and oxygen atoms in total. The molecule has 0 spiro atoms. The van der Waals surface area contributed by atoms with Gasteiger partial charge in [0, 0.05) is 23.5 Å². The fraction of sp³-hybridized carbons (Fsp3) is 0.500. The van der Waals surface area contributed by atoms with Crippen molar-refractivity contribution >= 4 is 28.8 Å². The molecule has 27 heavy (non-hydrogen) atoms. The topological polar surface area (TPSA) is 40.5 Å². The van der Waals surface area contributed by atoms with Crippen LogP contribution in [0, 0.1) is 5.41 Å². The number of likely N-dealkylation sites (tertiary alicyclic amines) is 1. The van der Waals surface area contributed by atoms with Gasteiger partial charge in [0.05, 0.1) is 11.5 Å². The zero-order valence-corrected chi connectivity index (χ0v) is 17.1. The molecule has 2 aromatic rings. The van der Waals surface area contributed by atoms with Crippen LogP contribution in [0.25, 0.3) is 0 Å². The Morgan fingerprint density at radius 1 is 1.26 bits per heavy atom. The molecule has 0 bridgehead atoms. The van der Waals surface area contributed by atoms with Crippen molar-refractivity contribution in [1.82, 2.24) is 4.90 Å². The van der Waals surface area contributed by atoms with Crippen molar-refractivity contribution in [2.45, 2.75) is 44.9 Å². The van der Waals surface area contributed by atoms with Gasteiger partial charge >= 0.3 is 0 Å². The van der Waals surface area contributed by atoms with Crippen molar-refractivity contribution in [2.75, 3.05) is 19.7 Å². The molecule has 1 amide bonds. The fourth-order valence-electron chi connectivity index (χ4n) is 4.63. The molecule has 5 heteroatoms. The van der Waals surface area contributed by atoms with Crippen LogP contribution in [0.1, 0.15) is 52.0 Å². The summed E-state index contributed by atoms with van der Waals surface area (Å²) in [6.07, 6.45) is 7.16. The van der Waals surface area contributed by atoms with E-state index in [1.165, 1.54) is 24.0 Å². The Morgan fingerprint density at radius 3 is 2.93 bits per heavy atom. The van der Waals surface area contributed by atoms with Crippen molar-refractivity contribution in [3.05, 3.63) is 56.2 Å². The lowest BCUT2D eigenvalue weighted by molar-refractivity contribution is 0.0274. The number of piperidine rings is 1. The molecule has 1 N–H and O–H groups in total. The molecule has 1 aliphatic heterocycles. The van der Waals surface area contributed by atoms with Crippen molar-refractivity contribution in [3.63, 3.8) is 0 Å². The molecule has 1 saturated heterocycles. The molecular formula is C22H26ClNO2S. The van der Waals surface area contributed by atoms with Gasteiger partial charge in [0.25, 0.3) is 5.91 Å². The van der Waals surface area contributed by atoms with E-state index in [0.717, 1.165) is 54.1 Å². The molecule has 2 aliphatic rings. The van der Waals surface area contributed by atoms with Gasteiger partial charge < -0.3 is 10.0 Å². The molecule has 0 radical (unpaired) electrons. The van der Waals surface area contributed by atoms with Crippen molar-refractivity contribution in [2.24, 2.45) is 5.41 Å². The molecule has 0 unspecified atom stereocenters. The van der Waals surface area contributed by atoms with Gasteiger partial charge in [-0.3, -0.25) is 4.79 Å². The molecule has 144 valence electrons. The number of hydrogen-bond donors (Lipinski definition) is 1. The number of aliphatic hydroxyl groups is 1. The lowest BCUT2D eigenvalue weighted by atomic mass is 9.75. The monoisotopic (exact) mass is 403 g/mol. The van der Waals surface area contributed by atoms with Crippen LogP contribution < -0.4 is 0 Å². The van der Waals surface area contributed by atoms with Crippen LogP contribution in [-0.2, 0) is 19.3 Å². The Balaban J connectivity index is 1.54. The number of hydrogen-bond acceptors (Lipinski definition) is 3. The summed E-state index contributed by atoms with van der Waals surface area (Å²) in [5.74, 6) is 0.159. The molecule has 1 aromatic carbocycles. The third kappa shape index (κ3) is 3.94. The molecule has 0 saturated carbocycles. The number of halogens is 1. The Labute approximate surface area is 170 Å². The minimum Gasteiger partial charge on any atom is -0.396 e. The summed E-state index contributed by atoms with van der Waals surface area (Å²) in [7, 11) is 0. The number of aryl methyl sites for hydroxylation is 1. The number of carbonyl (C=O) groups is 1. The van der Waals surface area contributed by atoms with Gasteiger partial charge in [-0.15, -0.1) is 11.3 Å². The van der Waals surface area contributed by atoms with Crippen LogP contribution in [0.2, 0.25) is 5.02 Å². The van der Waals surface area contributed by atoms with E-state index < -0.39 is 0 Å². The van der Waals surface area contributed by atoms with Crippen LogP contribution in [0.15, 0.2) is 29.6 Å². The van der Waals surface area contributed by atoms with Gasteiger partial charge in [0.1, 0.15) is 0 Å². The fourth-order valence-corrected chi connectivity index (χ4v) is 5.97. The third-order valence-corrected chi connectivity index (χ3v) is 7.34. The van der Waals surface area contributed by atoms with E-state index in [0.29, 0.717) is 6.54 Å². The highest BCUT2D eigenvalue weighted by Gasteiger charge is 2.38. The summed E-state index contributed by atoms with van der Waals surface area (Å²) in [5.41, 5.74) is 3.50. The second-order valence-corrected chi connectivity index (χ2v) is 9.39. The summed E-state index contributed by atoms with van der Waals surface area (Å²) in [6.45, 7) is 1.48. The van der Waals surface area contributed by atoms with E-state index in [4.69, 9.17) is 11.6 Å². The first-order chi connectivity index (χ1) is 13.1. The van der Waals surface area contributed by atoms with Gasteiger partial charge in [-0.1, -0.05) is 23.7 Å². The van der Waals surface area contributed by atoms with Gasteiger partial charge in [-0.2, -0.15) is 0 Å². The minimum atomic E-state index is -0.282. The molecule has 1 aliphatic carbocycles. The second kappa shape index (κ2) is 7.94. The van der Waals surface area contributed by atoms with Gasteiger partial charge in [-0.25, -0.2) is 0 Å². The maximum atomic E-state index is 13.3. The van der Waals surface area contributed by atoms with E-state index in [1.807, 2.05) is 23.1 Å². The first-order valence-electron chi connectivity index (χ1n) is 9.84. The van der Waals surface area contributed by atoms with Gasteiger partial charge in [0.2, 0.25) is 0 Å². The van der Waals surface area contributed by atoms with Crippen molar-refractivity contribution in [1.29, 1.82) is 0 Å². The van der Waals surface area contributed by atoms with Crippen LogP contribution in [0.3, 0.4) is 0 Å². The van der Waals surface area contributed by atoms with E-state index in [9.17, 15) is 9.90 Å². The van der Waals surface area contributed by atoms with Gasteiger partial charge in [-0.05, 0) is 79.1 Å². The second-order valence-electron chi connectivity index (χ2n) is 8.07. The number of benzene rings is 1. The van der Waals surface area contributed by atoms with E-state index in [2.05, 4.69) is 11.4 Å². The zero-order valence-electron chi connectivity index (χ0n) is 15.5. The number of carbonyl (C=O) groups excluding carboxylic acids is 1. The molecule has 1 atom stereocenters. The van der Waals surface area contributed by atoms with Crippen molar-refractivity contribution < 1.29 is 9.90 Å². The number of nitrogens with zero attached hydrogens (tertiary/aromatic N) is 1. The number of fused-ring (bicyclic) bond motifs is 1. The summed E-state index contributed by atoms with van der Waals surface area (Å²) in [5, 5.41) is 13.1. The SMILES string of the molecule is O=C(c1scc2c1CCCC2)N1CCC[C@@](CO)(Cc2cccc(Cl)c2)C1. The normalized spacial score (nSPS) is 22.5. The minimum absolute atomic E-state index is 0.0891. The first-order valence-corrected chi connectivity index (χ1v) is 11.1. The van der Waals surface area contributed by atoms with E-state index in [-0.39, 0.29) is 17.9 Å². The largest absolute Gasteiger partial charge is 0.396 e. The van der Waals surface area contributed by atoms with Crippen molar-refractivity contribution in [3.8, 4) is 0 Å². The molecular weight excluding hydrogens is 378 g/mol. The maximum absolute atomic E-state index is 13.3. The summed E-state index contributed by atoms with van der Waals surface area (Å²) in [4.78, 5) is 16.2. The third-order valence-electron chi connectivity index (χ3n) is 6.05. The van der Waals surface area contributed by atoms with E-state index in [1.54, 1.807) is 11.3 Å². The predicted octanol–water partition coefficient (Wildman–Crippen LogP) is 4.74. The summed E-state index contributed by atoms with van der Waals surface area (Å²) >= 11 is 7.75. The Hall–Kier alpha value is -1.36. The zero-order chi connectivity index (χ0) is 18.9.